The molecule has 0 aliphatic heterocycles. The molecular weight excluding hydrogens is 1220 g/mol. The predicted molar refractivity (Wildman–Crippen MR) is 351 cm³/mol. The maximum absolute atomic E-state index is 4.93. The Kier molecular flexibility index (Phi) is 29.7. The average Bonchev–Trinajstić information content (AvgIpc) is 4.21. The van der Waals surface area contributed by atoms with Crippen molar-refractivity contribution in [2.75, 3.05) is 0 Å². The van der Waals surface area contributed by atoms with Gasteiger partial charge in [-0.2, -0.15) is 0 Å². The van der Waals surface area contributed by atoms with E-state index in [9.17, 15) is 0 Å². The molecule has 0 bridgehead atoms. The molecule has 8 heteroatoms. The van der Waals surface area contributed by atoms with Crippen molar-refractivity contribution in [1.82, 2.24) is 0 Å². The summed E-state index contributed by atoms with van der Waals surface area (Å²) >= 11 is -1.65. The normalized spacial score (nSPS) is 30.4. The molecule has 12 unspecified atom stereocenters. The fourth-order valence-electron chi connectivity index (χ4n) is 16.2. The Morgan fingerprint density at radius 3 is 1.21 bits per heavy atom. The zero-order valence-corrected chi connectivity index (χ0v) is 60.0. The van der Waals surface area contributed by atoms with Gasteiger partial charge in [0.2, 0.25) is 0 Å². The molecule has 0 nitrogen and oxygen atoms in total. The van der Waals surface area contributed by atoms with Crippen LogP contribution in [-0.4, -0.2) is 16.1 Å². The van der Waals surface area contributed by atoms with Crippen LogP contribution in [0.15, 0.2) is 182 Å². The number of hydrogen-bond acceptors (Lipinski definition) is 0. The number of benzene rings is 2. The number of allylic oxidation sites excluding steroid dienone is 18. The van der Waals surface area contributed by atoms with E-state index < -0.39 is 57.8 Å². The van der Waals surface area contributed by atoms with Crippen molar-refractivity contribution in [3.05, 3.63) is 212 Å². The van der Waals surface area contributed by atoms with Gasteiger partial charge in [0, 0.05) is 0 Å². The summed E-state index contributed by atoms with van der Waals surface area (Å²) in [6.45, 7) is 27.9. The van der Waals surface area contributed by atoms with Crippen LogP contribution >= 0.6 is 34.1 Å². The van der Waals surface area contributed by atoms with Gasteiger partial charge in [-0.15, -0.1) is 13.2 Å². The summed E-state index contributed by atoms with van der Waals surface area (Å²) in [4.78, 5) is 0. The number of rotatable bonds is 12. The first-order chi connectivity index (χ1) is 35.5. The van der Waals surface area contributed by atoms with Crippen LogP contribution in [-0.2, 0) is 41.7 Å². The van der Waals surface area contributed by atoms with Crippen LogP contribution in [0.1, 0.15) is 106 Å². The fourth-order valence-corrected chi connectivity index (χ4v) is 28.5. The first-order valence-electron chi connectivity index (χ1n) is 28.3. The van der Waals surface area contributed by atoms with Gasteiger partial charge >= 0.3 is 75.7 Å². The van der Waals surface area contributed by atoms with E-state index in [0.29, 0.717) is 52.9 Å². The van der Waals surface area contributed by atoms with Crippen LogP contribution in [0.2, 0.25) is 35.3 Å². The van der Waals surface area contributed by atoms with Crippen molar-refractivity contribution in [3.8, 4) is 0 Å². The van der Waals surface area contributed by atoms with Crippen LogP contribution in [0.5, 0.6) is 0 Å². The van der Waals surface area contributed by atoms with E-state index in [-0.39, 0.29) is 40.5 Å². The Balaban J connectivity index is 0.000000357. The monoisotopic (exact) mass is 1320 g/mol. The van der Waals surface area contributed by atoms with Crippen molar-refractivity contribution in [2.45, 2.75) is 141 Å². The molecule has 424 valence electrons. The number of halogens is 4. The minimum absolute atomic E-state index is 0. The molecular formula is C70H100Cl4Si2Zr2. The molecule has 8 aliphatic carbocycles. The molecule has 4 saturated carbocycles. The van der Waals surface area contributed by atoms with Gasteiger partial charge in [-0.3, -0.25) is 0 Å². The van der Waals surface area contributed by atoms with Crippen LogP contribution in [0.25, 0.3) is 0 Å². The Bertz CT molecular complexity index is 2270. The van der Waals surface area contributed by atoms with E-state index in [1.807, 2.05) is 0 Å². The van der Waals surface area contributed by atoms with E-state index in [2.05, 4.69) is 226 Å². The molecule has 0 amide bonds. The van der Waals surface area contributed by atoms with E-state index >= 15 is 0 Å². The quantitative estimate of drug-likeness (QED) is 0.113. The standard InChI is InChI=1S/C34H38Si.C32H50Si.4CH3.4ClH.2Zr/c1-2-3-14-26-23-24-29(25-26)35(27-15-6-4-7-16-27,28-17-8-5-9-18-28)34-32-21-12-10-19-30(32)31-20-11-13-22-33(31)34;1-10-11-12-22-13-16-25(19-22)33(8,9)30-28-20-23(31(2,3)4)14-17-26(28)27-18-15-24(21-29(27)30)32(5,6)7;;;;;;;;;;/h2,4-13,15-22,26,29-34H,1,3,14,23-25H2;10,14-15,17-18,20-22,25-30H,1,11-13,16,19H2,2-9H3;4*1H3;4*1H;;/q;;4*-1;;;;;2*+4/p-4. The molecule has 0 aromatic heterocycles. The number of fused-ring (bicyclic) bond motifs is 6. The Labute approximate surface area is 519 Å². The second kappa shape index (κ2) is 32.5. The summed E-state index contributed by atoms with van der Waals surface area (Å²) in [5.74, 6) is 7.04. The third-order valence-electron chi connectivity index (χ3n) is 19.6. The van der Waals surface area contributed by atoms with Gasteiger partial charge in [0.25, 0.3) is 0 Å². The van der Waals surface area contributed by atoms with Crippen LogP contribution in [0, 0.1) is 99.7 Å². The van der Waals surface area contributed by atoms with Crippen molar-refractivity contribution < 1.29 is 41.7 Å². The molecule has 12 atom stereocenters. The molecule has 0 saturated heterocycles. The second-order valence-corrected chi connectivity index (χ2v) is 42.7. The van der Waals surface area contributed by atoms with E-state index in [1.165, 1.54) is 57.8 Å². The van der Waals surface area contributed by atoms with Crippen molar-refractivity contribution in [1.29, 1.82) is 0 Å². The van der Waals surface area contributed by atoms with Crippen LogP contribution in [0.3, 0.4) is 0 Å². The molecule has 2 aromatic rings. The van der Waals surface area contributed by atoms with E-state index in [4.69, 9.17) is 34.1 Å². The van der Waals surface area contributed by atoms with Crippen LogP contribution < -0.4 is 10.4 Å². The zero-order chi connectivity index (χ0) is 53.3. The van der Waals surface area contributed by atoms with Crippen molar-refractivity contribution in [2.24, 2.45) is 70.0 Å². The molecule has 0 spiro atoms. The topological polar surface area (TPSA) is 0 Å². The Hall–Kier alpha value is -0.800. The predicted octanol–water partition coefficient (Wildman–Crippen LogP) is 21.8. The summed E-state index contributed by atoms with van der Waals surface area (Å²) in [6.07, 6.45) is 53.1. The summed E-state index contributed by atoms with van der Waals surface area (Å²) in [7, 11) is 16.1. The number of hydrogen-bond donors (Lipinski definition) is 0. The SMILES string of the molecule is C=CCCC1CCC([Si](C)(C)C2C3C=C(C(C)(C)C)C=CC3C3C=CC(C(C)(C)C)=CC32)C1.C=CCCC1CCC([Si](c2ccccc2)(c2ccccc2)C2C3C=CC=CC3C3C=CC=CC32)C1.[CH3-].[CH3-].[CH3-].[CH3-].[Cl][Zr+2][Cl].[Cl][Zr+2][Cl]. The van der Waals surface area contributed by atoms with Gasteiger partial charge in [-0.25, -0.2) is 0 Å². The van der Waals surface area contributed by atoms with Gasteiger partial charge in [0.15, 0.2) is 0 Å². The fraction of sp³-hybridized carbons (Fsp3) is 0.486. The first-order valence-corrected chi connectivity index (χ1v) is 46.2. The average molecular weight is 1320 g/mol. The van der Waals surface area contributed by atoms with Gasteiger partial charge in [0.1, 0.15) is 8.07 Å². The first kappa shape index (κ1) is 71.5. The van der Waals surface area contributed by atoms with Crippen molar-refractivity contribution >= 4 is 60.6 Å². The Morgan fingerprint density at radius 2 is 0.833 bits per heavy atom. The summed E-state index contributed by atoms with van der Waals surface area (Å²) in [6, 6.07) is 23.7. The van der Waals surface area contributed by atoms with Gasteiger partial charge in [-0.05, 0) is 142 Å². The maximum atomic E-state index is 4.93. The van der Waals surface area contributed by atoms with E-state index in [0.717, 1.165) is 34.9 Å². The molecule has 10 rings (SSSR count). The van der Waals surface area contributed by atoms with Gasteiger partial charge in [0.05, 0.1) is 8.07 Å². The molecule has 4 fully saturated rings. The zero-order valence-electron chi connectivity index (χ0n) is 50.1. The minimum atomic E-state index is -2.18. The molecule has 0 radical (unpaired) electrons. The molecule has 0 N–H and O–H groups in total. The van der Waals surface area contributed by atoms with Crippen LogP contribution in [0.4, 0.5) is 0 Å². The van der Waals surface area contributed by atoms with Crippen molar-refractivity contribution in [3.63, 3.8) is 0 Å². The summed E-state index contributed by atoms with van der Waals surface area (Å²) < 4.78 is 0. The van der Waals surface area contributed by atoms with Gasteiger partial charge < -0.3 is 29.7 Å². The summed E-state index contributed by atoms with van der Waals surface area (Å²) in [5, 5.41) is 3.33. The molecule has 0 heterocycles. The molecule has 78 heavy (non-hydrogen) atoms. The second-order valence-electron chi connectivity index (χ2n) is 25.7. The molecule has 2 aromatic carbocycles. The van der Waals surface area contributed by atoms with E-state index in [1.54, 1.807) is 21.5 Å². The summed E-state index contributed by atoms with van der Waals surface area (Å²) in [5.41, 5.74) is 6.88. The Morgan fingerprint density at radius 1 is 0.487 bits per heavy atom. The molecule has 8 aliphatic rings. The van der Waals surface area contributed by atoms with Gasteiger partial charge in [-0.1, -0.05) is 249 Å². The third kappa shape index (κ3) is 15.9. The third-order valence-corrected chi connectivity index (χ3v) is 30.9.